The molecule has 7 heteroatoms. The van der Waals surface area contributed by atoms with Crippen LogP contribution >= 0.6 is 0 Å². The lowest BCUT2D eigenvalue weighted by molar-refractivity contribution is -0.111. The number of carbonyl (C=O) groups excluding carboxylic acids is 1. The molecule has 0 aromatic heterocycles. The SMILES string of the molecule is COc1cc(C=CC(=O)Nc2ccc(C(=O)O)cc2)cc(OC)c1OC. The maximum atomic E-state index is 12.0. The molecule has 0 saturated carbocycles. The molecule has 1 amide bonds. The number of amides is 1. The van der Waals surface area contributed by atoms with Crippen molar-refractivity contribution < 1.29 is 28.9 Å². The van der Waals surface area contributed by atoms with Gasteiger partial charge in [-0.1, -0.05) is 0 Å². The Labute approximate surface area is 150 Å². The maximum absolute atomic E-state index is 12.0. The Morgan fingerprint density at radius 1 is 0.962 bits per heavy atom. The van der Waals surface area contributed by atoms with Crippen molar-refractivity contribution in [1.82, 2.24) is 0 Å². The second-order valence-electron chi connectivity index (χ2n) is 5.16. The summed E-state index contributed by atoms with van der Waals surface area (Å²) in [6.07, 6.45) is 2.96. The van der Waals surface area contributed by atoms with E-state index in [4.69, 9.17) is 19.3 Å². The molecule has 0 fully saturated rings. The van der Waals surface area contributed by atoms with Crippen molar-refractivity contribution in [2.75, 3.05) is 26.6 Å². The van der Waals surface area contributed by atoms with Crippen molar-refractivity contribution in [2.24, 2.45) is 0 Å². The summed E-state index contributed by atoms with van der Waals surface area (Å²) >= 11 is 0. The topological polar surface area (TPSA) is 94.1 Å². The van der Waals surface area contributed by atoms with E-state index in [0.717, 1.165) is 0 Å². The molecule has 0 aliphatic rings. The summed E-state index contributed by atoms with van der Waals surface area (Å²) < 4.78 is 15.8. The third-order valence-corrected chi connectivity index (χ3v) is 3.51. The fraction of sp³-hybridized carbons (Fsp3) is 0.158. The van der Waals surface area contributed by atoms with Crippen LogP contribution in [0.15, 0.2) is 42.5 Å². The van der Waals surface area contributed by atoms with Gasteiger partial charge in [0.1, 0.15) is 0 Å². The number of hydrogen-bond donors (Lipinski definition) is 2. The molecule has 2 rings (SSSR count). The summed E-state index contributed by atoms with van der Waals surface area (Å²) in [5, 5.41) is 11.5. The highest BCUT2D eigenvalue weighted by Crippen LogP contribution is 2.38. The Morgan fingerprint density at radius 3 is 2.00 bits per heavy atom. The van der Waals surface area contributed by atoms with Crippen LogP contribution in [-0.2, 0) is 4.79 Å². The molecule has 0 atom stereocenters. The first-order chi connectivity index (χ1) is 12.5. The van der Waals surface area contributed by atoms with Crippen molar-refractivity contribution in [1.29, 1.82) is 0 Å². The molecule has 0 heterocycles. The van der Waals surface area contributed by atoms with Crippen LogP contribution in [0.4, 0.5) is 5.69 Å². The zero-order chi connectivity index (χ0) is 19.1. The van der Waals surface area contributed by atoms with Crippen LogP contribution in [0.1, 0.15) is 15.9 Å². The number of anilines is 1. The summed E-state index contributed by atoms with van der Waals surface area (Å²) in [6.45, 7) is 0. The van der Waals surface area contributed by atoms with Gasteiger partial charge < -0.3 is 24.6 Å². The van der Waals surface area contributed by atoms with Gasteiger partial charge in [-0.15, -0.1) is 0 Å². The van der Waals surface area contributed by atoms with Gasteiger partial charge in [-0.3, -0.25) is 4.79 Å². The second kappa shape index (κ2) is 8.57. The molecule has 0 unspecified atom stereocenters. The third-order valence-electron chi connectivity index (χ3n) is 3.51. The zero-order valence-corrected chi connectivity index (χ0v) is 14.6. The Bertz CT molecular complexity index is 801. The molecular formula is C19H19NO6. The van der Waals surface area contributed by atoms with Gasteiger partial charge in [0.2, 0.25) is 11.7 Å². The number of benzene rings is 2. The number of carboxylic acid groups (broad SMARTS) is 1. The molecule has 2 aromatic rings. The van der Waals surface area contributed by atoms with E-state index in [-0.39, 0.29) is 11.5 Å². The molecule has 0 aliphatic heterocycles. The molecule has 0 spiro atoms. The minimum Gasteiger partial charge on any atom is -0.493 e. The average Bonchev–Trinajstić information content (AvgIpc) is 2.65. The molecule has 2 N–H and O–H groups in total. The van der Waals surface area contributed by atoms with Crippen molar-refractivity contribution >= 4 is 23.6 Å². The van der Waals surface area contributed by atoms with Gasteiger partial charge in [-0.25, -0.2) is 4.79 Å². The number of carbonyl (C=O) groups is 2. The van der Waals surface area contributed by atoms with Crippen LogP contribution in [0.5, 0.6) is 17.2 Å². The second-order valence-corrected chi connectivity index (χ2v) is 5.16. The molecule has 0 aliphatic carbocycles. The standard InChI is InChI=1S/C19H19NO6/c1-24-15-10-12(11-16(25-2)18(15)26-3)4-9-17(21)20-14-7-5-13(6-8-14)19(22)23/h4-11H,1-3H3,(H,20,21)(H,22,23). The molecule has 0 saturated heterocycles. The number of ether oxygens (including phenoxy) is 3. The van der Waals surface area contributed by atoms with E-state index < -0.39 is 5.97 Å². The first-order valence-corrected chi connectivity index (χ1v) is 7.61. The van der Waals surface area contributed by atoms with Crippen molar-refractivity contribution in [2.45, 2.75) is 0 Å². The van der Waals surface area contributed by atoms with Crippen LogP contribution < -0.4 is 19.5 Å². The molecular weight excluding hydrogens is 338 g/mol. The summed E-state index contributed by atoms with van der Waals surface area (Å²) in [5.41, 5.74) is 1.33. The molecule has 26 heavy (non-hydrogen) atoms. The summed E-state index contributed by atoms with van der Waals surface area (Å²) in [7, 11) is 4.54. The van der Waals surface area contributed by atoms with Crippen LogP contribution in [-0.4, -0.2) is 38.3 Å². The van der Waals surface area contributed by atoms with E-state index in [2.05, 4.69) is 5.32 Å². The summed E-state index contributed by atoms with van der Waals surface area (Å²) in [6, 6.07) is 9.31. The highest BCUT2D eigenvalue weighted by molar-refractivity contribution is 6.02. The van der Waals surface area contributed by atoms with Crippen LogP contribution in [0, 0.1) is 0 Å². The first-order valence-electron chi connectivity index (χ1n) is 7.61. The normalized spacial score (nSPS) is 10.4. The Balaban J connectivity index is 2.13. The minimum atomic E-state index is -1.02. The fourth-order valence-electron chi connectivity index (χ4n) is 2.25. The molecule has 136 valence electrons. The number of hydrogen-bond acceptors (Lipinski definition) is 5. The van der Waals surface area contributed by atoms with E-state index in [9.17, 15) is 9.59 Å². The van der Waals surface area contributed by atoms with Gasteiger partial charge in [-0.05, 0) is 48.0 Å². The lowest BCUT2D eigenvalue weighted by atomic mass is 10.1. The van der Waals surface area contributed by atoms with Crippen molar-refractivity contribution in [3.05, 3.63) is 53.6 Å². The largest absolute Gasteiger partial charge is 0.493 e. The molecule has 0 radical (unpaired) electrons. The fourth-order valence-corrected chi connectivity index (χ4v) is 2.25. The van der Waals surface area contributed by atoms with Crippen LogP contribution in [0.25, 0.3) is 6.08 Å². The average molecular weight is 357 g/mol. The monoisotopic (exact) mass is 357 g/mol. The maximum Gasteiger partial charge on any atom is 0.335 e. The van der Waals surface area contributed by atoms with E-state index >= 15 is 0 Å². The number of carboxylic acids is 1. The predicted octanol–water partition coefficient (Wildman–Crippen LogP) is 3.06. The first kappa shape index (κ1) is 18.9. The van der Waals surface area contributed by atoms with E-state index in [1.54, 1.807) is 18.2 Å². The number of rotatable bonds is 7. The smallest absolute Gasteiger partial charge is 0.335 e. The van der Waals surface area contributed by atoms with E-state index in [1.165, 1.54) is 51.7 Å². The lowest BCUT2D eigenvalue weighted by Gasteiger charge is -2.12. The molecule has 2 aromatic carbocycles. The lowest BCUT2D eigenvalue weighted by Crippen LogP contribution is -2.08. The van der Waals surface area contributed by atoms with Gasteiger partial charge in [0, 0.05) is 11.8 Å². The van der Waals surface area contributed by atoms with Gasteiger partial charge in [0.05, 0.1) is 26.9 Å². The Morgan fingerprint density at radius 2 is 1.54 bits per heavy atom. The van der Waals surface area contributed by atoms with E-state index in [1.807, 2.05) is 0 Å². The predicted molar refractivity (Wildman–Crippen MR) is 97.2 cm³/mol. The molecule has 7 nitrogen and oxygen atoms in total. The Kier molecular flexibility index (Phi) is 6.21. The van der Waals surface area contributed by atoms with Crippen LogP contribution in [0.2, 0.25) is 0 Å². The van der Waals surface area contributed by atoms with Crippen LogP contribution in [0.3, 0.4) is 0 Å². The van der Waals surface area contributed by atoms with Gasteiger partial charge >= 0.3 is 5.97 Å². The Hall–Kier alpha value is -3.48. The number of nitrogens with one attached hydrogen (secondary N) is 1. The van der Waals surface area contributed by atoms with Gasteiger partial charge in [0.15, 0.2) is 11.5 Å². The summed E-state index contributed by atoms with van der Waals surface area (Å²) in [5.74, 6) is 0.0504. The number of aromatic carboxylic acids is 1. The summed E-state index contributed by atoms with van der Waals surface area (Å²) in [4.78, 5) is 22.9. The van der Waals surface area contributed by atoms with Gasteiger partial charge in [0.25, 0.3) is 0 Å². The van der Waals surface area contributed by atoms with Gasteiger partial charge in [-0.2, -0.15) is 0 Å². The zero-order valence-electron chi connectivity index (χ0n) is 14.6. The third kappa shape index (κ3) is 4.54. The minimum absolute atomic E-state index is 0.149. The quantitative estimate of drug-likeness (QED) is 0.740. The highest BCUT2D eigenvalue weighted by Gasteiger charge is 2.12. The van der Waals surface area contributed by atoms with Crippen molar-refractivity contribution in [3.8, 4) is 17.2 Å². The number of methoxy groups -OCH3 is 3. The molecule has 0 bridgehead atoms. The van der Waals surface area contributed by atoms with E-state index in [0.29, 0.717) is 28.5 Å². The highest BCUT2D eigenvalue weighted by atomic mass is 16.5. The van der Waals surface area contributed by atoms with Crippen molar-refractivity contribution in [3.63, 3.8) is 0 Å².